The summed E-state index contributed by atoms with van der Waals surface area (Å²) in [4.78, 5) is 36.6. The standard InChI is InChI=1S/C16H18N2O6/c1-10-12(3-2-4-13(10)18(22)23)14(19)17-7-11-8-24-6-5-16(11,9-17)15(20)21/h2-4,11H,5-9H2,1H3,(H,20,21)/t11-,16+/m0/s1. The van der Waals surface area contributed by atoms with Crippen LogP contribution in [0.15, 0.2) is 18.2 Å². The molecule has 0 saturated carbocycles. The van der Waals surface area contributed by atoms with Gasteiger partial charge in [0, 0.05) is 42.8 Å². The molecule has 8 heteroatoms. The molecule has 0 spiro atoms. The molecular weight excluding hydrogens is 316 g/mol. The fraction of sp³-hybridized carbons (Fsp3) is 0.500. The van der Waals surface area contributed by atoms with Gasteiger partial charge in [-0.2, -0.15) is 0 Å². The van der Waals surface area contributed by atoms with E-state index in [0.717, 1.165) is 0 Å². The van der Waals surface area contributed by atoms with Crippen molar-refractivity contribution >= 4 is 17.6 Å². The molecule has 8 nitrogen and oxygen atoms in total. The number of nitrogens with zero attached hydrogens (tertiary/aromatic N) is 2. The van der Waals surface area contributed by atoms with Gasteiger partial charge in [0.05, 0.1) is 16.9 Å². The third kappa shape index (κ3) is 2.43. The summed E-state index contributed by atoms with van der Waals surface area (Å²) in [5, 5.41) is 20.7. The highest BCUT2D eigenvalue weighted by Gasteiger charge is 2.55. The lowest BCUT2D eigenvalue weighted by molar-refractivity contribution is -0.385. The number of carbonyl (C=O) groups is 2. The number of hydrogen-bond donors (Lipinski definition) is 1. The molecule has 0 aromatic heterocycles. The summed E-state index contributed by atoms with van der Waals surface area (Å²) in [6, 6.07) is 4.36. The lowest BCUT2D eigenvalue weighted by Gasteiger charge is -2.33. The fourth-order valence-electron chi connectivity index (χ4n) is 3.68. The lowest BCUT2D eigenvalue weighted by atomic mass is 9.74. The summed E-state index contributed by atoms with van der Waals surface area (Å²) in [6.45, 7) is 2.60. The number of rotatable bonds is 3. The Morgan fingerprint density at radius 3 is 2.83 bits per heavy atom. The van der Waals surface area contributed by atoms with Gasteiger partial charge in [-0.15, -0.1) is 0 Å². The second-order valence-corrected chi connectivity index (χ2v) is 6.38. The van der Waals surface area contributed by atoms with Gasteiger partial charge in [-0.05, 0) is 19.4 Å². The van der Waals surface area contributed by atoms with E-state index in [-0.39, 0.29) is 36.2 Å². The van der Waals surface area contributed by atoms with E-state index in [1.165, 1.54) is 30.0 Å². The van der Waals surface area contributed by atoms with Crippen molar-refractivity contribution in [2.24, 2.45) is 11.3 Å². The molecule has 2 aliphatic rings. The number of carbonyl (C=O) groups excluding carboxylic acids is 1. The van der Waals surface area contributed by atoms with Crippen LogP contribution in [0.2, 0.25) is 0 Å². The first-order chi connectivity index (χ1) is 11.4. The monoisotopic (exact) mass is 334 g/mol. The van der Waals surface area contributed by atoms with Crippen LogP contribution in [0.1, 0.15) is 22.3 Å². The van der Waals surface area contributed by atoms with E-state index in [4.69, 9.17) is 4.74 Å². The van der Waals surface area contributed by atoms with Gasteiger partial charge < -0.3 is 14.7 Å². The summed E-state index contributed by atoms with van der Waals surface area (Å²) in [5.41, 5.74) is -0.566. The van der Waals surface area contributed by atoms with E-state index in [9.17, 15) is 24.8 Å². The number of fused-ring (bicyclic) bond motifs is 1. The molecular formula is C16H18N2O6. The summed E-state index contributed by atoms with van der Waals surface area (Å²) in [5.74, 6) is -1.54. The second-order valence-electron chi connectivity index (χ2n) is 6.38. The van der Waals surface area contributed by atoms with Crippen LogP contribution < -0.4 is 0 Å². The maximum Gasteiger partial charge on any atom is 0.311 e. The number of amides is 1. The minimum atomic E-state index is -0.984. The van der Waals surface area contributed by atoms with Gasteiger partial charge >= 0.3 is 5.97 Å². The number of likely N-dealkylation sites (tertiary alicyclic amines) is 1. The van der Waals surface area contributed by atoms with Crippen LogP contribution in [0.4, 0.5) is 5.69 Å². The average molecular weight is 334 g/mol. The molecule has 0 bridgehead atoms. The smallest absolute Gasteiger partial charge is 0.311 e. The summed E-state index contributed by atoms with van der Waals surface area (Å²) < 4.78 is 5.38. The molecule has 0 aliphatic carbocycles. The van der Waals surface area contributed by atoms with Gasteiger partial charge in [-0.25, -0.2) is 0 Å². The molecule has 3 rings (SSSR count). The van der Waals surface area contributed by atoms with Crippen molar-refractivity contribution in [2.45, 2.75) is 13.3 Å². The Morgan fingerprint density at radius 1 is 1.46 bits per heavy atom. The predicted octanol–water partition coefficient (Wildman–Crippen LogP) is 1.47. The van der Waals surface area contributed by atoms with E-state index in [0.29, 0.717) is 25.2 Å². The third-order valence-electron chi connectivity index (χ3n) is 5.15. The Kier molecular flexibility index (Phi) is 4.00. The predicted molar refractivity (Wildman–Crippen MR) is 82.7 cm³/mol. The molecule has 2 saturated heterocycles. The number of hydrogen-bond acceptors (Lipinski definition) is 5. The normalized spacial score (nSPS) is 26.0. The maximum atomic E-state index is 12.8. The van der Waals surface area contributed by atoms with Crippen molar-refractivity contribution in [3.63, 3.8) is 0 Å². The number of carboxylic acids is 1. The summed E-state index contributed by atoms with van der Waals surface area (Å²) in [7, 11) is 0. The van der Waals surface area contributed by atoms with Crippen molar-refractivity contribution in [1.29, 1.82) is 0 Å². The van der Waals surface area contributed by atoms with Crippen molar-refractivity contribution in [2.75, 3.05) is 26.3 Å². The number of nitro benzene ring substituents is 1. The molecule has 24 heavy (non-hydrogen) atoms. The van der Waals surface area contributed by atoms with Crippen molar-refractivity contribution in [1.82, 2.24) is 4.90 Å². The largest absolute Gasteiger partial charge is 0.481 e. The molecule has 1 N–H and O–H groups in total. The van der Waals surface area contributed by atoms with Gasteiger partial charge in [-0.1, -0.05) is 6.07 Å². The molecule has 2 fully saturated rings. The van der Waals surface area contributed by atoms with Crippen molar-refractivity contribution < 1.29 is 24.4 Å². The van der Waals surface area contributed by atoms with Crippen LogP contribution in [-0.4, -0.2) is 53.1 Å². The van der Waals surface area contributed by atoms with Crippen molar-refractivity contribution in [3.8, 4) is 0 Å². The van der Waals surface area contributed by atoms with E-state index in [2.05, 4.69) is 0 Å². The maximum absolute atomic E-state index is 12.8. The first kappa shape index (κ1) is 16.4. The Balaban J connectivity index is 1.91. The highest BCUT2D eigenvalue weighted by molar-refractivity contribution is 5.97. The van der Waals surface area contributed by atoms with E-state index < -0.39 is 16.3 Å². The van der Waals surface area contributed by atoms with Crippen molar-refractivity contribution in [3.05, 3.63) is 39.4 Å². The van der Waals surface area contributed by atoms with Gasteiger partial charge in [0.1, 0.15) is 0 Å². The topological polar surface area (TPSA) is 110 Å². The molecule has 128 valence electrons. The van der Waals surface area contributed by atoms with Gasteiger partial charge in [0.2, 0.25) is 0 Å². The Bertz CT molecular complexity index is 719. The van der Waals surface area contributed by atoms with Crippen LogP contribution in [0.5, 0.6) is 0 Å². The molecule has 2 atom stereocenters. The number of aliphatic carboxylic acids is 1. The van der Waals surface area contributed by atoms with Crippen LogP contribution >= 0.6 is 0 Å². The highest BCUT2D eigenvalue weighted by Crippen LogP contribution is 2.43. The molecule has 1 amide bonds. The van der Waals surface area contributed by atoms with Crippen LogP contribution in [0.25, 0.3) is 0 Å². The molecule has 1 aromatic carbocycles. The lowest BCUT2D eigenvalue weighted by Crippen LogP contribution is -2.45. The molecule has 2 aliphatic heterocycles. The summed E-state index contributed by atoms with van der Waals surface area (Å²) in [6.07, 6.45) is 0.366. The van der Waals surface area contributed by atoms with E-state index in [1.54, 1.807) is 0 Å². The molecule has 0 unspecified atom stereocenters. The Morgan fingerprint density at radius 2 is 2.21 bits per heavy atom. The van der Waals surface area contributed by atoms with E-state index in [1.807, 2.05) is 0 Å². The minimum Gasteiger partial charge on any atom is -0.481 e. The van der Waals surface area contributed by atoms with Crippen LogP contribution in [0, 0.1) is 28.4 Å². The first-order valence-electron chi connectivity index (χ1n) is 7.71. The zero-order chi connectivity index (χ0) is 17.5. The average Bonchev–Trinajstić information content (AvgIpc) is 2.95. The summed E-state index contributed by atoms with van der Waals surface area (Å²) >= 11 is 0. The van der Waals surface area contributed by atoms with Crippen LogP contribution in [0.3, 0.4) is 0 Å². The number of benzene rings is 1. The minimum absolute atomic E-state index is 0.108. The second kappa shape index (κ2) is 5.86. The Hall–Kier alpha value is -2.48. The zero-order valence-electron chi connectivity index (χ0n) is 13.2. The fourth-order valence-corrected chi connectivity index (χ4v) is 3.68. The highest BCUT2D eigenvalue weighted by atomic mass is 16.6. The third-order valence-corrected chi connectivity index (χ3v) is 5.15. The van der Waals surface area contributed by atoms with Gasteiger partial charge in [0.15, 0.2) is 0 Å². The van der Waals surface area contributed by atoms with Gasteiger partial charge in [0.25, 0.3) is 11.6 Å². The number of carboxylic acid groups (broad SMARTS) is 1. The molecule has 2 heterocycles. The van der Waals surface area contributed by atoms with Crippen LogP contribution in [-0.2, 0) is 9.53 Å². The van der Waals surface area contributed by atoms with E-state index >= 15 is 0 Å². The zero-order valence-corrected chi connectivity index (χ0v) is 13.2. The quantitative estimate of drug-likeness (QED) is 0.662. The first-order valence-corrected chi connectivity index (χ1v) is 7.71. The molecule has 0 radical (unpaired) electrons. The number of nitro groups is 1. The number of ether oxygens (including phenoxy) is 1. The van der Waals surface area contributed by atoms with Gasteiger partial charge in [-0.3, -0.25) is 19.7 Å². The Labute approximate surface area is 138 Å². The molecule has 1 aromatic rings. The SMILES string of the molecule is Cc1c(C(=O)N2C[C@H]3COCC[C@@]3(C(=O)O)C2)cccc1[N+](=O)[O-].